The summed E-state index contributed by atoms with van der Waals surface area (Å²) in [5.74, 6) is 0.547. The fourth-order valence-corrected chi connectivity index (χ4v) is 10.6. The number of carbonyl (C=O) groups excluding carboxylic acids is 1. The third kappa shape index (κ3) is 9.59. The van der Waals surface area contributed by atoms with Gasteiger partial charge in [0.15, 0.2) is 5.78 Å². The second-order valence-corrected chi connectivity index (χ2v) is 20.8. The summed E-state index contributed by atoms with van der Waals surface area (Å²) < 4.78 is 45.2. The molecular formula is C51H66F3IrN2O2S-. The minimum atomic E-state index is -4.34. The Kier molecular flexibility index (Phi) is 15.1. The average Bonchev–Trinajstić information content (AvgIpc) is 3.54. The number of carbonyl (C=O) groups is 1. The molecule has 3 aromatic carbocycles. The third-order valence-corrected chi connectivity index (χ3v) is 14.3. The van der Waals surface area contributed by atoms with E-state index in [-0.39, 0.29) is 66.1 Å². The van der Waals surface area contributed by atoms with Crippen LogP contribution < -0.4 is 0 Å². The van der Waals surface area contributed by atoms with Crippen molar-refractivity contribution in [1.82, 2.24) is 9.97 Å². The first kappa shape index (κ1) is 49.5. The number of hydrogen-bond donors (Lipinski definition) is 1. The average molecular weight is 1020 g/mol. The summed E-state index contributed by atoms with van der Waals surface area (Å²) >= 11 is 1.65. The summed E-state index contributed by atoms with van der Waals surface area (Å²) in [6.07, 6.45) is 4.03. The molecular weight excluding hydrogens is 954 g/mol. The minimum absolute atomic E-state index is 0. The van der Waals surface area contributed by atoms with Gasteiger partial charge in [-0.2, -0.15) is 13.2 Å². The smallest absolute Gasteiger partial charge is 0.394 e. The van der Waals surface area contributed by atoms with Crippen molar-refractivity contribution in [3.05, 3.63) is 82.4 Å². The standard InChI is InChI=1S/C38H42F3N2S.C13H24O2.Ir/c1-21-25(19-37(9,10)38(39,40)41)27-31-33(44-32(27)29-28(21)35(5,6)15-16-36(29,7)8)30(42-20-43-31)23-17-22-13-11-12-14-24(22)26(18-23)34(2,3)4;1-5-10(6-2)12(14)9-13(15)11(7-3)8-4;/h11-14,18,20H,15-16,19H2,1-10H3;9-11,14H,5-8H2,1-4H3;/q-1;;/b;12-9-;. The van der Waals surface area contributed by atoms with Gasteiger partial charge in [-0.25, -0.2) is 4.98 Å². The fourth-order valence-electron chi connectivity index (χ4n) is 9.08. The van der Waals surface area contributed by atoms with Gasteiger partial charge in [0.25, 0.3) is 0 Å². The van der Waals surface area contributed by atoms with E-state index in [0.717, 1.165) is 92.0 Å². The Morgan fingerprint density at radius 2 is 1.45 bits per heavy atom. The number of nitrogens with zero attached hydrogens (tertiary/aromatic N) is 2. The van der Waals surface area contributed by atoms with Gasteiger partial charge in [0, 0.05) is 58.5 Å². The number of alkyl halides is 3. The Morgan fingerprint density at radius 3 is 2.00 bits per heavy atom. The van der Waals surface area contributed by atoms with E-state index in [1.54, 1.807) is 17.7 Å². The molecule has 0 fully saturated rings. The van der Waals surface area contributed by atoms with Crippen molar-refractivity contribution in [2.45, 2.75) is 164 Å². The van der Waals surface area contributed by atoms with Crippen LogP contribution in [0.15, 0.2) is 48.5 Å². The Morgan fingerprint density at radius 1 is 0.883 bits per heavy atom. The van der Waals surface area contributed by atoms with Crippen LogP contribution in [0.25, 0.3) is 42.3 Å². The fraction of sp³-hybridized carbons (Fsp3) is 0.549. The molecule has 0 saturated carbocycles. The first-order chi connectivity index (χ1) is 27.3. The molecule has 4 nitrogen and oxygen atoms in total. The molecule has 2 heterocycles. The number of benzene rings is 3. The predicted octanol–water partition coefficient (Wildman–Crippen LogP) is 15.4. The maximum absolute atomic E-state index is 14.4. The van der Waals surface area contributed by atoms with Crippen molar-refractivity contribution in [2.75, 3.05) is 0 Å². The molecule has 0 amide bonds. The van der Waals surface area contributed by atoms with Crippen LogP contribution in [-0.4, -0.2) is 27.0 Å². The predicted molar refractivity (Wildman–Crippen MR) is 243 cm³/mol. The van der Waals surface area contributed by atoms with Crippen LogP contribution in [0.1, 0.15) is 156 Å². The molecule has 1 N–H and O–H groups in total. The van der Waals surface area contributed by atoms with Gasteiger partial charge in [0.1, 0.15) is 6.33 Å². The third-order valence-electron chi connectivity index (χ3n) is 13.1. The Balaban J connectivity index is 0.000000425. The molecule has 9 heteroatoms. The van der Waals surface area contributed by atoms with E-state index in [1.807, 2.05) is 40.7 Å². The minimum Gasteiger partial charge on any atom is -0.512 e. The zero-order chi connectivity index (χ0) is 44.0. The number of ketones is 1. The number of fused-ring (bicyclic) bond motifs is 6. The largest absolute Gasteiger partial charge is 0.512 e. The maximum atomic E-state index is 14.4. The molecule has 5 aromatic rings. The van der Waals surface area contributed by atoms with Gasteiger partial charge < -0.3 is 5.11 Å². The molecule has 329 valence electrons. The number of halogens is 3. The number of rotatable bonds is 10. The summed E-state index contributed by atoms with van der Waals surface area (Å²) in [6, 6.07) is 14.1. The molecule has 0 unspecified atom stereocenters. The Labute approximate surface area is 374 Å². The molecule has 60 heavy (non-hydrogen) atoms. The van der Waals surface area contributed by atoms with Gasteiger partial charge in [-0.15, -0.1) is 40.5 Å². The molecule has 6 rings (SSSR count). The van der Waals surface area contributed by atoms with Crippen LogP contribution >= 0.6 is 11.3 Å². The normalized spacial score (nSPS) is 15.6. The molecule has 0 spiro atoms. The van der Waals surface area contributed by atoms with Crippen molar-refractivity contribution in [1.29, 1.82) is 0 Å². The van der Waals surface area contributed by atoms with E-state index in [2.05, 4.69) is 78.8 Å². The van der Waals surface area contributed by atoms with Gasteiger partial charge in [0.2, 0.25) is 0 Å². The van der Waals surface area contributed by atoms with E-state index >= 15 is 0 Å². The summed E-state index contributed by atoms with van der Waals surface area (Å²) in [5.41, 5.74) is 5.55. The molecule has 1 aliphatic rings. The van der Waals surface area contributed by atoms with Crippen LogP contribution in [0.2, 0.25) is 0 Å². The molecule has 0 saturated heterocycles. The van der Waals surface area contributed by atoms with Crippen molar-refractivity contribution >= 4 is 48.2 Å². The first-order valence-corrected chi connectivity index (χ1v) is 22.4. The number of aliphatic hydroxyl groups excluding tert-OH is 1. The Hall–Kier alpha value is -3.13. The molecule has 0 atom stereocenters. The van der Waals surface area contributed by atoms with Gasteiger partial charge in [-0.1, -0.05) is 119 Å². The monoisotopic (exact) mass is 1020 g/mol. The molecule has 2 aromatic heterocycles. The van der Waals surface area contributed by atoms with Crippen LogP contribution in [0.5, 0.6) is 0 Å². The van der Waals surface area contributed by atoms with E-state index in [1.165, 1.54) is 36.6 Å². The maximum Gasteiger partial charge on any atom is 0.394 e. The summed E-state index contributed by atoms with van der Waals surface area (Å²) in [4.78, 5) is 21.4. The van der Waals surface area contributed by atoms with Crippen LogP contribution in [-0.2, 0) is 47.6 Å². The quantitative estimate of drug-likeness (QED) is 0.0860. The van der Waals surface area contributed by atoms with Crippen molar-refractivity contribution in [2.24, 2.45) is 17.3 Å². The van der Waals surface area contributed by atoms with E-state index in [0.29, 0.717) is 0 Å². The van der Waals surface area contributed by atoms with E-state index in [9.17, 15) is 23.1 Å². The van der Waals surface area contributed by atoms with Crippen molar-refractivity contribution in [3.63, 3.8) is 0 Å². The number of allylic oxidation sites excluding steroid dienone is 2. The van der Waals surface area contributed by atoms with Gasteiger partial charge >= 0.3 is 6.18 Å². The number of thiophene rings is 1. The van der Waals surface area contributed by atoms with Crippen molar-refractivity contribution in [3.8, 4) is 11.3 Å². The zero-order valence-corrected chi connectivity index (χ0v) is 41.5. The van der Waals surface area contributed by atoms with E-state index < -0.39 is 11.6 Å². The zero-order valence-electron chi connectivity index (χ0n) is 38.3. The summed E-state index contributed by atoms with van der Waals surface area (Å²) in [5, 5.41) is 12.8. The summed E-state index contributed by atoms with van der Waals surface area (Å²) in [6.45, 7) is 28.4. The number of aliphatic hydroxyl groups is 1. The van der Waals surface area contributed by atoms with Gasteiger partial charge in [0.05, 0.1) is 16.7 Å². The topological polar surface area (TPSA) is 63.1 Å². The molecule has 1 aliphatic carbocycles. The van der Waals surface area contributed by atoms with Crippen LogP contribution in [0.4, 0.5) is 13.2 Å². The van der Waals surface area contributed by atoms with Crippen LogP contribution in [0.3, 0.4) is 0 Å². The molecule has 0 aliphatic heterocycles. The van der Waals surface area contributed by atoms with E-state index in [4.69, 9.17) is 9.97 Å². The SMILES string of the molecule is CCC(CC)C(=O)/C=C(\O)C(CC)CC.Cc1c2c(c3sc4c(-c5[c-]c6ccccc6c(C(C)(C)C)c5)ncnc4c3c1CC(C)(C)C(F)(F)F)C(C)(C)CCC2(C)C.[Ir]. The molecule has 1 radical (unpaired) electrons. The van der Waals surface area contributed by atoms with Gasteiger partial charge in [-0.3, -0.25) is 9.78 Å². The first-order valence-electron chi connectivity index (χ1n) is 21.6. The number of hydrogen-bond acceptors (Lipinski definition) is 5. The van der Waals surface area contributed by atoms with Gasteiger partial charge in [-0.05, 0) is 90.4 Å². The molecule has 0 bridgehead atoms. The second kappa shape index (κ2) is 18.3. The number of aromatic nitrogens is 2. The Bertz CT molecular complexity index is 2370. The van der Waals surface area contributed by atoms with Crippen molar-refractivity contribution < 1.29 is 43.2 Å². The summed E-state index contributed by atoms with van der Waals surface area (Å²) in [7, 11) is 0. The van der Waals surface area contributed by atoms with Crippen LogP contribution in [0, 0.1) is 30.2 Å². The second-order valence-electron chi connectivity index (χ2n) is 19.8.